The second kappa shape index (κ2) is 6.13. The largest absolute Gasteiger partial charge is 0.263 e. The Morgan fingerprint density at radius 3 is 1.29 bits per heavy atom. The highest BCUT2D eigenvalue weighted by Gasteiger charge is 2.01. The molecule has 0 bridgehead atoms. The smallest absolute Gasteiger partial charge is 0.0589 e. The lowest BCUT2D eigenvalue weighted by Crippen LogP contribution is -1.90. The zero-order chi connectivity index (χ0) is 16.2. The Balaban J connectivity index is 2.03. The van der Waals surface area contributed by atoms with Gasteiger partial charge in [0.15, 0.2) is 0 Å². The Labute approximate surface area is 140 Å². The quantitative estimate of drug-likeness (QED) is 0.467. The Morgan fingerprint density at radius 1 is 0.458 bits per heavy atom. The van der Waals surface area contributed by atoms with Gasteiger partial charge in [-0.1, -0.05) is 47.7 Å². The molecule has 0 aliphatic heterocycles. The number of benzene rings is 1. The van der Waals surface area contributed by atoms with Crippen molar-refractivity contribution in [1.82, 2.24) is 9.97 Å². The van der Waals surface area contributed by atoms with Crippen LogP contribution in [0.3, 0.4) is 0 Å². The van der Waals surface area contributed by atoms with Crippen molar-refractivity contribution in [3.05, 3.63) is 94.6 Å². The maximum Gasteiger partial charge on any atom is 0.0589 e. The van der Waals surface area contributed by atoms with Crippen molar-refractivity contribution in [2.24, 2.45) is 0 Å². The summed E-state index contributed by atoms with van der Waals surface area (Å²) in [6.07, 6.45) is 6.92. The maximum atomic E-state index is 4.16. The van der Waals surface area contributed by atoms with E-state index in [1.165, 1.54) is 0 Å². The molecule has 2 heteroatoms. The van der Waals surface area contributed by atoms with Crippen molar-refractivity contribution < 1.29 is 0 Å². The molecule has 3 aromatic rings. The monoisotopic (exact) mass is 302 g/mol. The van der Waals surface area contributed by atoms with Gasteiger partial charge in [-0.05, 0) is 24.3 Å². The zero-order valence-corrected chi connectivity index (χ0v) is 12.7. The zero-order valence-electron chi connectivity index (χ0n) is 12.7. The molecule has 1 aromatic carbocycles. The number of pyridine rings is 2. The van der Waals surface area contributed by atoms with Crippen molar-refractivity contribution in [3.8, 4) is 35.5 Å². The highest BCUT2D eigenvalue weighted by Crippen LogP contribution is 2.11. The molecule has 0 saturated heterocycles. The van der Waals surface area contributed by atoms with Crippen LogP contribution in [0.4, 0.5) is 0 Å². The highest BCUT2D eigenvalue weighted by molar-refractivity contribution is 5.60. The van der Waals surface area contributed by atoms with Gasteiger partial charge in [0, 0.05) is 47.0 Å². The molecule has 0 amide bonds. The highest BCUT2D eigenvalue weighted by atomic mass is 14.6. The van der Waals surface area contributed by atoms with Gasteiger partial charge >= 0.3 is 0 Å². The molecule has 2 aromatic heterocycles. The number of fused-ring (bicyclic) bond motifs is 3. The van der Waals surface area contributed by atoms with E-state index in [-0.39, 0.29) is 0 Å². The van der Waals surface area contributed by atoms with E-state index in [0.29, 0.717) is 0 Å². The molecule has 0 N–H and O–H groups in total. The number of aromatic nitrogens is 2. The fourth-order valence-electron chi connectivity index (χ4n) is 2.31. The number of nitrogens with zero attached hydrogens (tertiary/aromatic N) is 2. The predicted octanol–water partition coefficient (Wildman–Crippen LogP) is 2.99. The molecule has 0 unspecified atom stereocenters. The van der Waals surface area contributed by atoms with Crippen LogP contribution in [0.15, 0.2) is 61.2 Å². The van der Waals surface area contributed by atoms with E-state index in [1.54, 1.807) is 24.8 Å². The first-order valence-corrected chi connectivity index (χ1v) is 7.43. The first-order valence-electron chi connectivity index (χ1n) is 7.43. The topological polar surface area (TPSA) is 25.8 Å². The third-order valence-corrected chi connectivity index (χ3v) is 3.56. The first kappa shape index (κ1) is 13.8. The summed E-state index contributed by atoms with van der Waals surface area (Å²) < 4.78 is 0. The van der Waals surface area contributed by atoms with Gasteiger partial charge in [0.2, 0.25) is 0 Å². The fraction of sp³-hybridized carbons (Fsp3) is 0. The summed E-state index contributed by atoms with van der Waals surface area (Å²) in [5, 5.41) is 0. The second-order valence-electron chi connectivity index (χ2n) is 5.14. The van der Waals surface area contributed by atoms with Gasteiger partial charge in [-0.3, -0.25) is 9.97 Å². The van der Waals surface area contributed by atoms with Gasteiger partial charge in [0.05, 0.1) is 11.1 Å². The Morgan fingerprint density at radius 2 is 0.833 bits per heavy atom. The average molecular weight is 302 g/mol. The molecule has 1 aliphatic carbocycles. The molecule has 0 radical (unpaired) electrons. The van der Waals surface area contributed by atoms with E-state index >= 15 is 0 Å². The molecule has 2 heterocycles. The standard InChI is InChI=1S/C22H10N2/c1-2-4-18-7-9-21-15-24-14-12-20(21)8-10-22-16-23-13-11-19(22)6-5-17(18)3-1/h1-4,11-16H. The van der Waals surface area contributed by atoms with E-state index in [2.05, 4.69) is 45.5 Å². The Hall–Kier alpha value is -3.80. The van der Waals surface area contributed by atoms with Gasteiger partial charge in [-0.25, -0.2) is 0 Å². The summed E-state index contributed by atoms with van der Waals surface area (Å²) in [7, 11) is 0. The predicted molar refractivity (Wildman–Crippen MR) is 92.9 cm³/mol. The Kier molecular flexibility index (Phi) is 3.54. The maximum absolute atomic E-state index is 4.16. The van der Waals surface area contributed by atoms with E-state index in [9.17, 15) is 0 Å². The molecule has 0 spiro atoms. The summed E-state index contributed by atoms with van der Waals surface area (Å²) >= 11 is 0. The first-order chi connectivity index (χ1) is 11.9. The van der Waals surface area contributed by atoms with Crippen LogP contribution < -0.4 is 0 Å². The van der Waals surface area contributed by atoms with Crippen LogP contribution in [0.5, 0.6) is 0 Å². The van der Waals surface area contributed by atoms with Crippen LogP contribution in [0.1, 0.15) is 33.4 Å². The minimum absolute atomic E-state index is 0.804. The van der Waals surface area contributed by atoms with Gasteiger partial charge < -0.3 is 0 Å². The van der Waals surface area contributed by atoms with Gasteiger partial charge in [-0.2, -0.15) is 0 Å². The molecular weight excluding hydrogens is 292 g/mol. The number of rotatable bonds is 0. The third-order valence-electron chi connectivity index (χ3n) is 3.56. The van der Waals surface area contributed by atoms with Gasteiger partial charge in [-0.15, -0.1) is 0 Å². The van der Waals surface area contributed by atoms with Crippen LogP contribution in [-0.2, 0) is 0 Å². The van der Waals surface area contributed by atoms with E-state index < -0.39 is 0 Å². The molecular formula is C22H10N2. The molecule has 24 heavy (non-hydrogen) atoms. The van der Waals surface area contributed by atoms with Crippen molar-refractivity contribution >= 4 is 0 Å². The second-order valence-corrected chi connectivity index (χ2v) is 5.14. The summed E-state index contributed by atoms with van der Waals surface area (Å²) in [5.74, 6) is 19.0. The van der Waals surface area contributed by atoms with Gasteiger partial charge in [0.25, 0.3) is 0 Å². The summed E-state index contributed by atoms with van der Waals surface area (Å²) in [6, 6.07) is 11.6. The summed E-state index contributed by atoms with van der Waals surface area (Å²) in [6.45, 7) is 0. The SMILES string of the molecule is C1#Cc2ccncc2C#Cc2ccncc2C#Cc2ccccc21. The molecule has 0 atom stereocenters. The minimum atomic E-state index is 0.804. The van der Waals surface area contributed by atoms with Crippen LogP contribution in [0.2, 0.25) is 0 Å². The lowest BCUT2D eigenvalue weighted by molar-refractivity contribution is 1.29. The number of hydrogen-bond acceptors (Lipinski definition) is 2. The molecule has 0 fully saturated rings. The van der Waals surface area contributed by atoms with Crippen molar-refractivity contribution in [3.63, 3.8) is 0 Å². The number of hydrogen-bond donors (Lipinski definition) is 0. The fourth-order valence-corrected chi connectivity index (χ4v) is 2.31. The Bertz CT molecular complexity index is 896. The molecule has 2 nitrogen and oxygen atoms in total. The van der Waals surface area contributed by atoms with E-state index in [4.69, 9.17) is 0 Å². The van der Waals surface area contributed by atoms with Crippen LogP contribution >= 0.6 is 0 Å². The third kappa shape index (κ3) is 2.76. The van der Waals surface area contributed by atoms with E-state index in [1.807, 2.05) is 36.4 Å². The van der Waals surface area contributed by atoms with Crippen LogP contribution in [-0.4, -0.2) is 9.97 Å². The normalized spacial score (nSPS) is 10.5. The lowest BCUT2D eigenvalue weighted by atomic mass is 10.0. The van der Waals surface area contributed by atoms with Gasteiger partial charge in [0.1, 0.15) is 0 Å². The average Bonchev–Trinajstić information content (AvgIpc) is 2.64. The molecule has 108 valence electrons. The van der Waals surface area contributed by atoms with Crippen LogP contribution in [0, 0.1) is 35.5 Å². The molecule has 1 aliphatic rings. The molecule has 0 saturated carbocycles. The van der Waals surface area contributed by atoms with E-state index in [0.717, 1.165) is 33.4 Å². The lowest BCUT2D eigenvalue weighted by Gasteiger charge is -1.99. The minimum Gasteiger partial charge on any atom is -0.263 e. The van der Waals surface area contributed by atoms with Crippen molar-refractivity contribution in [1.29, 1.82) is 0 Å². The van der Waals surface area contributed by atoms with Crippen molar-refractivity contribution in [2.75, 3.05) is 0 Å². The van der Waals surface area contributed by atoms with Crippen molar-refractivity contribution in [2.45, 2.75) is 0 Å². The summed E-state index contributed by atoms with van der Waals surface area (Å²) in [4.78, 5) is 8.31. The summed E-state index contributed by atoms with van der Waals surface area (Å²) in [5.41, 5.74) is 5.10. The molecule has 4 rings (SSSR count). The van der Waals surface area contributed by atoms with Crippen LogP contribution in [0.25, 0.3) is 0 Å².